The fraction of sp³-hybridized carbons (Fsp3) is 0.960. The maximum atomic E-state index is 11.4. The number of methoxy groups -OCH3 is 1. The molecule has 0 spiro atoms. The summed E-state index contributed by atoms with van der Waals surface area (Å²) >= 11 is 0. The third-order valence-electron chi connectivity index (χ3n) is 8.54. The van der Waals surface area contributed by atoms with E-state index in [2.05, 4.69) is 20.9 Å². The van der Waals surface area contributed by atoms with Crippen LogP contribution in [0.1, 0.15) is 58.3 Å². The normalized spacial score (nSPS) is 36.6. The lowest BCUT2D eigenvalue weighted by molar-refractivity contribution is -0.130. The molecule has 3 N–H and O–H groups in total. The number of rotatable bonds is 8. The van der Waals surface area contributed by atoms with Crippen molar-refractivity contribution >= 4 is 5.91 Å². The van der Waals surface area contributed by atoms with Crippen molar-refractivity contribution in [1.82, 2.24) is 25.8 Å². The summed E-state index contributed by atoms with van der Waals surface area (Å²) in [5, 5.41) is 11.2. The Morgan fingerprint density at radius 3 is 2.12 bits per heavy atom. The molecule has 4 fully saturated rings. The first-order chi connectivity index (χ1) is 16.1. The number of hydrogen-bond acceptors (Lipinski definition) is 7. The van der Waals surface area contributed by atoms with E-state index in [1.54, 1.807) is 6.92 Å². The number of nitrogens with one attached hydrogen (secondary N) is 3. The van der Waals surface area contributed by atoms with Crippen LogP contribution in [0.25, 0.3) is 0 Å². The van der Waals surface area contributed by atoms with Gasteiger partial charge in [-0.2, -0.15) is 0 Å². The van der Waals surface area contributed by atoms with Gasteiger partial charge in [-0.15, -0.1) is 0 Å². The van der Waals surface area contributed by atoms with Crippen molar-refractivity contribution in [3.63, 3.8) is 0 Å². The maximum Gasteiger partial charge on any atom is 0.219 e. The summed E-state index contributed by atoms with van der Waals surface area (Å²) in [5.41, 5.74) is 0. The SMILES string of the molecule is COC1CCC(C2CNC(NC3CCC(OCCN4CCN(C(C)=O)CC4)CC3)NC2)CC1. The van der Waals surface area contributed by atoms with Gasteiger partial charge in [0.25, 0.3) is 0 Å². The van der Waals surface area contributed by atoms with Crippen LogP contribution in [0.15, 0.2) is 0 Å². The lowest BCUT2D eigenvalue weighted by Gasteiger charge is -2.40. The fourth-order valence-electron chi connectivity index (χ4n) is 6.20. The molecule has 2 heterocycles. The third kappa shape index (κ3) is 7.61. The predicted octanol–water partition coefficient (Wildman–Crippen LogP) is 1.37. The Bertz CT molecular complexity index is 577. The first-order valence-electron chi connectivity index (χ1n) is 13.5. The summed E-state index contributed by atoms with van der Waals surface area (Å²) in [7, 11) is 1.85. The van der Waals surface area contributed by atoms with E-state index in [1.807, 2.05) is 12.0 Å². The number of ether oxygens (including phenoxy) is 2. The molecule has 2 saturated carbocycles. The van der Waals surface area contributed by atoms with Crippen molar-refractivity contribution in [3.8, 4) is 0 Å². The molecule has 4 rings (SSSR count). The third-order valence-corrected chi connectivity index (χ3v) is 8.54. The standard InChI is InChI=1S/C25H47N5O3/c1-19(31)30-13-11-29(12-14-30)15-16-33-24-9-5-22(6-10-24)28-25-26-17-21(18-27-25)20-3-7-23(32-2)8-4-20/h20-28H,3-18H2,1-2H3. The molecular formula is C25H47N5O3. The van der Waals surface area contributed by atoms with Gasteiger partial charge in [0.05, 0.1) is 18.8 Å². The van der Waals surface area contributed by atoms with Crippen LogP contribution in [0.3, 0.4) is 0 Å². The largest absolute Gasteiger partial charge is 0.381 e. The highest BCUT2D eigenvalue weighted by atomic mass is 16.5. The van der Waals surface area contributed by atoms with E-state index in [9.17, 15) is 4.79 Å². The van der Waals surface area contributed by atoms with Crippen LogP contribution in [-0.2, 0) is 14.3 Å². The van der Waals surface area contributed by atoms with Gasteiger partial charge in [0.1, 0.15) is 6.29 Å². The lowest BCUT2D eigenvalue weighted by Crippen LogP contribution is -2.63. The second-order valence-electron chi connectivity index (χ2n) is 10.6. The Kier molecular flexibility index (Phi) is 9.82. The molecule has 0 aromatic heterocycles. The molecule has 2 aliphatic carbocycles. The molecule has 0 bridgehead atoms. The molecule has 0 aromatic rings. The molecule has 190 valence electrons. The predicted molar refractivity (Wildman–Crippen MR) is 130 cm³/mol. The Morgan fingerprint density at radius 1 is 0.879 bits per heavy atom. The molecule has 8 heteroatoms. The smallest absolute Gasteiger partial charge is 0.219 e. The Balaban J connectivity index is 1.04. The van der Waals surface area contributed by atoms with Crippen molar-refractivity contribution in [1.29, 1.82) is 0 Å². The van der Waals surface area contributed by atoms with Crippen molar-refractivity contribution in [3.05, 3.63) is 0 Å². The molecule has 2 saturated heterocycles. The van der Waals surface area contributed by atoms with E-state index >= 15 is 0 Å². The molecule has 0 unspecified atom stereocenters. The van der Waals surface area contributed by atoms with Crippen LogP contribution in [0, 0.1) is 11.8 Å². The van der Waals surface area contributed by atoms with Crippen molar-refractivity contribution in [2.75, 3.05) is 59.5 Å². The molecule has 8 nitrogen and oxygen atoms in total. The first-order valence-corrected chi connectivity index (χ1v) is 13.5. The topological polar surface area (TPSA) is 78.1 Å². The summed E-state index contributed by atoms with van der Waals surface area (Å²) in [6.07, 6.45) is 10.9. The zero-order valence-electron chi connectivity index (χ0n) is 20.9. The molecule has 4 aliphatic rings. The second-order valence-corrected chi connectivity index (χ2v) is 10.6. The molecule has 0 aromatic carbocycles. The van der Waals surface area contributed by atoms with E-state index in [0.29, 0.717) is 18.2 Å². The average molecular weight is 466 g/mol. The highest BCUT2D eigenvalue weighted by Gasteiger charge is 2.31. The summed E-state index contributed by atoms with van der Waals surface area (Å²) in [4.78, 5) is 15.8. The highest BCUT2D eigenvalue weighted by molar-refractivity contribution is 5.73. The van der Waals surface area contributed by atoms with E-state index in [1.165, 1.54) is 38.5 Å². The number of hydrogen-bond donors (Lipinski definition) is 3. The lowest BCUT2D eigenvalue weighted by atomic mass is 9.78. The van der Waals surface area contributed by atoms with Gasteiger partial charge in [-0.1, -0.05) is 0 Å². The van der Waals surface area contributed by atoms with Crippen LogP contribution in [0.4, 0.5) is 0 Å². The second kappa shape index (κ2) is 12.8. The van der Waals surface area contributed by atoms with Gasteiger partial charge in [-0.25, -0.2) is 0 Å². The van der Waals surface area contributed by atoms with Crippen molar-refractivity contribution in [2.24, 2.45) is 11.8 Å². The zero-order chi connectivity index (χ0) is 23.0. The summed E-state index contributed by atoms with van der Waals surface area (Å²) in [5.74, 6) is 1.78. The van der Waals surface area contributed by atoms with Gasteiger partial charge >= 0.3 is 0 Å². The van der Waals surface area contributed by atoms with Gasteiger partial charge in [-0.3, -0.25) is 25.6 Å². The summed E-state index contributed by atoms with van der Waals surface area (Å²) < 4.78 is 11.7. The van der Waals surface area contributed by atoms with Gasteiger partial charge < -0.3 is 14.4 Å². The van der Waals surface area contributed by atoms with Gasteiger partial charge in [-0.05, 0) is 63.2 Å². The molecular weight excluding hydrogens is 418 g/mol. The van der Waals surface area contributed by atoms with E-state index in [0.717, 1.165) is 77.1 Å². The number of carbonyl (C=O) groups is 1. The van der Waals surface area contributed by atoms with Crippen LogP contribution in [0.2, 0.25) is 0 Å². The molecule has 0 radical (unpaired) electrons. The molecule has 0 atom stereocenters. The Morgan fingerprint density at radius 2 is 1.52 bits per heavy atom. The monoisotopic (exact) mass is 465 g/mol. The van der Waals surface area contributed by atoms with Crippen LogP contribution in [0.5, 0.6) is 0 Å². The fourth-order valence-corrected chi connectivity index (χ4v) is 6.20. The Hall–Kier alpha value is -0.770. The van der Waals surface area contributed by atoms with E-state index in [-0.39, 0.29) is 12.2 Å². The zero-order valence-corrected chi connectivity index (χ0v) is 20.9. The Labute approximate surface area is 200 Å². The maximum absolute atomic E-state index is 11.4. The van der Waals surface area contributed by atoms with E-state index < -0.39 is 0 Å². The summed E-state index contributed by atoms with van der Waals surface area (Å²) in [6.45, 7) is 9.33. The number of carbonyl (C=O) groups excluding carboxylic acids is 1. The van der Waals surface area contributed by atoms with Crippen LogP contribution < -0.4 is 16.0 Å². The average Bonchev–Trinajstić information content (AvgIpc) is 2.86. The minimum atomic E-state index is 0.194. The number of nitrogens with zero attached hydrogens (tertiary/aromatic N) is 2. The highest BCUT2D eigenvalue weighted by Crippen LogP contribution is 2.31. The molecule has 33 heavy (non-hydrogen) atoms. The van der Waals surface area contributed by atoms with Crippen molar-refractivity contribution in [2.45, 2.75) is 82.8 Å². The molecule has 1 amide bonds. The van der Waals surface area contributed by atoms with Crippen molar-refractivity contribution < 1.29 is 14.3 Å². The number of piperazine rings is 1. The molecule has 2 aliphatic heterocycles. The number of amides is 1. The van der Waals surface area contributed by atoms with E-state index in [4.69, 9.17) is 9.47 Å². The first kappa shape index (κ1) is 25.3. The van der Waals surface area contributed by atoms with Gasteiger partial charge in [0.2, 0.25) is 5.91 Å². The van der Waals surface area contributed by atoms with Crippen LogP contribution >= 0.6 is 0 Å². The minimum Gasteiger partial charge on any atom is -0.381 e. The van der Waals surface area contributed by atoms with Gasteiger partial charge in [0, 0.05) is 65.9 Å². The summed E-state index contributed by atoms with van der Waals surface area (Å²) in [6, 6.07) is 0.572. The minimum absolute atomic E-state index is 0.194. The van der Waals surface area contributed by atoms with Crippen LogP contribution in [-0.4, -0.2) is 99.8 Å². The van der Waals surface area contributed by atoms with Gasteiger partial charge in [0.15, 0.2) is 0 Å². The quantitative estimate of drug-likeness (QED) is 0.500.